The third kappa shape index (κ3) is 5.52. The Bertz CT molecular complexity index is 1250. The van der Waals surface area contributed by atoms with Crippen molar-refractivity contribution in [1.82, 2.24) is 15.5 Å². The highest BCUT2D eigenvalue weighted by atomic mass is 16.5. The number of hydrogen-bond acceptors (Lipinski definition) is 6. The number of urea groups is 1. The van der Waals surface area contributed by atoms with E-state index in [0.29, 0.717) is 16.5 Å². The summed E-state index contributed by atoms with van der Waals surface area (Å²) < 4.78 is 4.89. The molecule has 178 valence electrons. The maximum absolute atomic E-state index is 12.8. The smallest absolute Gasteiger partial charge is 0.321 e. The fourth-order valence-corrected chi connectivity index (χ4v) is 3.87. The van der Waals surface area contributed by atoms with Crippen molar-refractivity contribution in [3.05, 3.63) is 83.4 Å². The summed E-state index contributed by atoms with van der Waals surface area (Å²) in [5.74, 6) is -2.26. The monoisotopic (exact) mass is 473 g/mol. The maximum Gasteiger partial charge on any atom is 0.321 e. The fourth-order valence-electron chi connectivity index (χ4n) is 3.87. The average Bonchev–Trinajstić information content (AvgIpc) is 2.87. The molecule has 5 amide bonds. The first-order valence-corrected chi connectivity index (χ1v) is 11.1. The Labute approximate surface area is 201 Å². The Balaban J connectivity index is 1.20. The quantitative estimate of drug-likeness (QED) is 0.383. The van der Waals surface area contributed by atoms with E-state index in [1.807, 2.05) is 42.5 Å². The highest BCUT2D eigenvalue weighted by molar-refractivity contribution is 6.25. The minimum atomic E-state index is -0.769. The summed E-state index contributed by atoms with van der Waals surface area (Å²) in [7, 11) is 0. The van der Waals surface area contributed by atoms with Crippen LogP contribution in [-0.4, -0.2) is 47.8 Å². The number of hydrogen-bond donors (Lipinski definition) is 2. The van der Waals surface area contributed by atoms with E-state index in [4.69, 9.17) is 4.74 Å². The van der Waals surface area contributed by atoms with Gasteiger partial charge in [-0.15, -0.1) is 0 Å². The van der Waals surface area contributed by atoms with Gasteiger partial charge in [-0.05, 0) is 29.5 Å². The Morgan fingerprint density at radius 3 is 2.14 bits per heavy atom. The van der Waals surface area contributed by atoms with Crippen LogP contribution in [0.25, 0.3) is 10.8 Å². The molecule has 4 rings (SSSR count). The number of esters is 1. The maximum atomic E-state index is 12.8. The summed E-state index contributed by atoms with van der Waals surface area (Å²) >= 11 is 0. The Morgan fingerprint density at radius 2 is 1.49 bits per heavy atom. The van der Waals surface area contributed by atoms with Gasteiger partial charge in [0.05, 0.1) is 0 Å². The van der Waals surface area contributed by atoms with Crippen molar-refractivity contribution in [3.8, 4) is 0 Å². The number of imide groups is 2. The van der Waals surface area contributed by atoms with Gasteiger partial charge in [-0.3, -0.25) is 29.4 Å². The van der Waals surface area contributed by atoms with Crippen LogP contribution in [0.3, 0.4) is 0 Å². The van der Waals surface area contributed by atoms with E-state index in [1.54, 1.807) is 24.3 Å². The standard InChI is InChI=1S/C26H23N3O6/c30-21(28-26(34)27-15-17-7-2-1-3-8-17)16-35-22(31)13-6-14-29-24(32)19-11-4-9-18-10-5-12-20(23(18)19)25(29)33/h1-5,7-12H,6,13-16H2,(H2,27,28,30,34). The highest BCUT2D eigenvalue weighted by Gasteiger charge is 2.32. The van der Waals surface area contributed by atoms with Crippen LogP contribution >= 0.6 is 0 Å². The van der Waals surface area contributed by atoms with Crippen LogP contribution in [0.15, 0.2) is 66.7 Å². The first kappa shape index (κ1) is 23.6. The molecule has 1 heterocycles. The van der Waals surface area contributed by atoms with Gasteiger partial charge in [0.15, 0.2) is 6.61 Å². The molecule has 3 aromatic carbocycles. The number of carbonyl (C=O) groups excluding carboxylic acids is 5. The third-order valence-corrected chi connectivity index (χ3v) is 5.53. The lowest BCUT2D eigenvalue weighted by Crippen LogP contribution is -2.41. The SMILES string of the molecule is O=C(COC(=O)CCCN1C(=O)c2cccc3cccc(c23)C1=O)NC(=O)NCc1ccccc1. The van der Waals surface area contributed by atoms with Crippen LogP contribution in [0.2, 0.25) is 0 Å². The molecule has 1 aliphatic heterocycles. The molecule has 0 bridgehead atoms. The van der Waals surface area contributed by atoms with Crippen molar-refractivity contribution in [1.29, 1.82) is 0 Å². The average molecular weight is 473 g/mol. The molecule has 0 aliphatic carbocycles. The van der Waals surface area contributed by atoms with Crippen LogP contribution in [0.1, 0.15) is 39.1 Å². The van der Waals surface area contributed by atoms with Crippen molar-refractivity contribution in [2.75, 3.05) is 13.2 Å². The van der Waals surface area contributed by atoms with Gasteiger partial charge in [0.1, 0.15) is 0 Å². The van der Waals surface area contributed by atoms with Crippen LogP contribution in [0, 0.1) is 0 Å². The van der Waals surface area contributed by atoms with Crippen molar-refractivity contribution < 1.29 is 28.7 Å². The largest absolute Gasteiger partial charge is 0.456 e. The second-order valence-corrected chi connectivity index (χ2v) is 7.95. The second-order valence-electron chi connectivity index (χ2n) is 7.95. The van der Waals surface area contributed by atoms with Crippen LogP contribution in [0.5, 0.6) is 0 Å². The van der Waals surface area contributed by atoms with Crippen LogP contribution < -0.4 is 10.6 Å². The summed E-state index contributed by atoms with van der Waals surface area (Å²) in [5, 5.41) is 6.07. The molecule has 0 saturated carbocycles. The van der Waals surface area contributed by atoms with Crippen molar-refractivity contribution in [2.24, 2.45) is 0 Å². The molecule has 35 heavy (non-hydrogen) atoms. The molecule has 0 spiro atoms. The number of ether oxygens (including phenoxy) is 1. The molecular formula is C26H23N3O6. The van der Waals surface area contributed by atoms with E-state index < -0.39 is 36.3 Å². The van der Waals surface area contributed by atoms with E-state index >= 15 is 0 Å². The molecule has 1 aliphatic rings. The van der Waals surface area contributed by atoms with Gasteiger partial charge in [0.25, 0.3) is 17.7 Å². The number of rotatable bonds is 8. The predicted molar refractivity (Wildman–Crippen MR) is 126 cm³/mol. The molecule has 0 aromatic heterocycles. The number of benzene rings is 3. The van der Waals surface area contributed by atoms with Crippen LogP contribution in [-0.2, 0) is 20.9 Å². The number of carbonyl (C=O) groups is 5. The van der Waals surface area contributed by atoms with Crippen molar-refractivity contribution >= 4 is 40.5 Å². The van der Waals surface area contributed by atoms with Gasteiger partial charge in [-0.1, -0.05) is 54.6 Å². The number of nitrogens with zero attached hydrogens (tertiary/aromatic N) is 1. The van der Waals surface area contributed by atoms with Gasteiger partial charge in [0, 0.05) is 36.0 Å². The molecule has 3 aromatic rings. The third-order valence-electron chi connectivity index (χ3n) is 5.53. The van der Waals surface area contributed by atoms with Gasteiger partial charge in [0.2, 0.25) is 0 Å². The Hall–Kier alpha value is -4.53. The molecule has 0 unspecified atom stereocenters. The Kier molecular flexibility index (Phi) is 7.15. The normalized spacial score (nSPS) is 12.4. The topological polar surface area (TPSA) is 122 Å². The lowest BCUT2D eigenvalue weighted by molar-refractivity contribution is -0.148. The van der Waals surface area contributed by atoms with Crippen LogP contribution in [0.4, 0.5) is 4.79 Å². The molecule has 0 radical (unpaired) electrons. The minimum absolute atomic E-state index is 0.0333. The zero-order chi connectivity index (χ0) is 24.8. The molecule has 0 fully saturated rings. The molecule has 0 saturated heterocycles. The van der Waals surface area contributed by atoms with E-state index in [2.05, 4.69) is 10.6 Å². The van der Waals surface area contributed by atoms with Gasteiger partial charge in [-0.2, -0.15) is 0 Å². The first-order valence-electron chi connectivity index (χ1n) is 11.1. The van der Waals surface area contributed by atoms with E-state index in [9.17, 15) is 24.0 Å². The zero-order valence-corrected chi connectivity index (χ0v) is 18.8. The van der Waals surface area contributed by atoms with E-state index in [0.717, 1.165) is 15.8 Å². The Morgan fingerprint density at radius 1 is 0.829 bits per heavy atom. The van der Waals surface area contributed by atoms with Crippen molar-refractivity contribution in [3.63, 3.8) is 0 Å². The summed E-state index contributed by atoms with van der Waals surface area (Å²) in [6, 6.07) is 19.0. The highest BCUT2D eigenvalue weighted by Crippen LogP contribution is 2.30. The summed E-state index contributed by atoms with van der Waals surface area (Å²) in [6.07, 6.45) is 0.0734. The van der Waals surface area contributed by atoms with Gasteiger partial charge >= 0.3 is 12.0 Å². The van der Waals surface area contributed by atoms with E-state index in [-0.39, 0.29) is 25.9 Å². The summed E-state index contributed by atoms with van der Waals surface area (Å²) in [6.45, 7) is -0.341. The molecular weight excluding hydrogens is 450 g/mol. The zero-order valence-electron chi connectivity index (χ0n) is 18.8. The van der Waals surface area contributed by atoms with Gasteiger partial charge in [-0.25, -0.2) is 4.79 Å². The first-order chi connectivity index (χ1) is 16.9. The molecule has 9 nitrogen and oxygen atoms in total. The number of amides is 5. The predicted octanol–water partition coefficient (Wildman–Crippen LogP) is 2.79. The number of nitrogens with one attached hydrogen (secondary N) is 2. The molecule has 2 N–H and O–H groups in total. The molecule has 9 heteroatoms. The van der Waals surface area contributed by atoms with E-state index in [1.165, 1.54) is 0 Å². The summed E-state index contributed by atoms with van der Waals surface area (Å²) in [5.41, 5.74) is 1.76. The fraction of sp³-hybridized carbons (Fsp3) is 0.192. The lowest BCUT2D eigenvalue weighted by Gasteiger charge is -2.27. The van der Waals surface area contributed by atoms with Crippen molar-refractivity contribution in [2.45, 2.75) is 19.4 Å². The minimum Gasteiger partial charge on any atom is -0.456 e. The lowest BCUT2D eigenvalue weighted by atomic mass is 9.94. The molecule has 0 atom stereocenters. The van der Waals surface area contributed by atoms with Gasteiger partial charge < -0.3 is 10.1 Å². The second kappa shape index (κ2) is 10.6. The summed E-state index contributed by atoms with van der Waals surface area (Å²) in [4.78, 5) is 62.4.